The Hall–Kier alpha value is -2.34. The molecule has 0 saturated carbocycles. The summed E-state index contributed by atoms with van der Waals surface area (Å²) in [5.74, 6) is -0.915. The monoisotopic (exact) mass is 330 g/mol. The van der Waals surface area contributed by atoms with Gasteiger partial charge in [-0.15, -0.1) is 0 Å². The molecule has 1 aromatic heterocycles. The number of carboxylic acids is 1. The molecule has 1 aliphatic heterocycles. The third-order valence-electron chi connectivity index (χ3n) is 4.58. The number of rotatable bonds is 5. The van der Waals surface area contributed by atoms with E-state index < -0.39 is 5.97 Å². The fraction of sp³-hybridized carbons (Fsp3) is 0.444. The highest BCUT2D eigenvalue weighted by molar-refractivity contribution is 5.86. The number of aromatic nitrogens is 1. The van der Waals surface area contributed by atoms with Crippen molar-refractivity contribution in [2.75, 3.05) is 19.8 Å². The Morgan fingerprint density at radius 3 is 3.04 bits per heavy atom. The van der Waals surface area contributed by atoms with Gasteiger partial charge in [-0.25, -0.2) is 0 Å². The maximum atomic E-state index is 12.6. The van der Waals surface area contributed by atoms with Crippen molar-refractivity contribution in [3.8, 4) is 0 Å². The number of hydrogen-bond acceptors (Lipinski definition) is 3. The maximum absolute atomic E-state index is 12.6. The Bertz CT molecular complexity index is 753. The highest BCUT2D eigenvalue weighted by Crippen LogP contribution is 2.23. The van der Waals surface area contributed by atoms with Crippen LogP contribution in [0.1, 0.15) is 24.0 Å². The zero-order valence-electron chi connectivity index (χ0n) is 13.7. The maximum Gasteiger partial charge on any atom is 0.305 e. The molecule has 0 bridgehead atoms. The normalized spacial score (nSPS) is 18.0. The molecule has 2 heterocycles. The summed E-state index contributed by atoms with van der Waals surface area (Å²) in [6, 6.07) is 5.76. The van der Waals surface area contributed by atoms with Crippen LogP contribution in [-0.2, 0) is 20.7 Å². The Kier molecular flexibility index (Phi) is 4.85. The number of para-hydroxylation sites is 1. The van der Waals surface area contributed by atoms with Crippen molar-refractivity contribution >= 4 is 22.8 Å². The highest BCUT2D eigenvalue weighted by Gasteiger charge is 2.28. The van der Waals surface area contributed by atoms with E-state index in [1.807, 2.05) is 12.3 Å². The number of nitrogens with one attached hydrogen (secondary N) is 1. The van der Waals surface area contributed by atoms with Crippen molar-refractivity contribution in [2.45, 2.75) is 32.2 Å². The van der Waals surface area contributed by atoms with Crippen LogP contribution in [0.25, 0.3) is 10.9 Å². The number of aliphatic carboxylic acids is 1. The molecule has 24 heavy (non-hydrogen) atoms. The van der Waals surface area contributed by atoms with Crippen LogP contribution in [0.2, 0.25) is 0 Å². The van der Waals surface area contributed by atoms with Crippen LogP contribution in [0.3, 0.4) is 0 Å². The highest BCUT2D eigenvalue weighted by atomic mass is 16.5. The van der Waals surface area contributed by atoms with Crippen molar-refractivity contribution in [3.63, 3.8) is 0 Å². The molecular weight excluding hydrogens is 308 g/mol. The zero-order valence-corrected chi connectivity index (χ0v) is 13.7. The predicted octanol–water partition coefficient (Wildman–Crippen LogP) is 2.11. The minimum Gasteiger partial charge on any atom is -0.481 e. The molecule has 2 aromatic rings. The van der Waals surface area contributed by atoms with Crippen LogP contribution in [0.15, 0.2) is 24.4 Å². The van der Waals surface area contributed by atoms with E-state index in [-0.39, 0.29) is 18.4 Å². The predicted molar refractivity (Wildman–Crippen MR) is 89.9 cm³/mol. The number of hydrogen-bond donors (Lipinski definition) is 2. The largest absolute Gasteiger partial charge is 0.481 e. The summed E-state index contributed by atoms with van der Waals surface area (Å²) < 4.78 is 5.32. The second kappa shape index (κ2) is 7.05. The minimum absolute atomic E-state index is 0.00782. The lowest BCUT2D eigenvalue weighted by molar-refractivity contribution is -0.146. The van der Waals surface area contributed by atoms with Gasteiger partial charge < -0.3 is 19.7 Å². The molecule has 1 aliphatic rings. The average Bonchev–Trinajstić information content (AvgIpc) is 2.97. The van der Waals surface area contributed by atoms with E-state index in [0.29, 0.717) is 32.6 Å². The Labute approximate surface area is 140 Å². The number of carbonyl (C=O) groups is 2. The van der Waals surface area contributed by atoms with Crippen molar-refractivity contribution < 1.29 is 19.4 Å². The van der Waals surface area contributed by atoms with Gasteiger partial charge in [-0.2, -0.15) is 0 Å². The number of morpholine rings is 1. The smallest absolute Gasteiger partial charge is 0.305 e. The quantitative estimate of drug-likeness (QED) is 0.879. The number of amides is 1. The molecule has 0 spiro atoms. The Balaban J connectivity index is 1.67. The standard InChI is InChI=1S/C18H22N2O4/c1-12-3-2-4-15-13(10-19-18(12)15)5-6-16(21)20-7-8-24-11-14(20)9-17(22)23/h2-4,10,14,19H,5-9,11H2,1H3,(H,22,23). The second-order valence-corrected chi connectivity index (χ2v) is 6.23. The number of aromatic amines is 1. The number of H-pyrrole nitrogens is 1. The molecule has 1 saturated heterocycles. The van der Waals surface area contributed by atoms with E-state index in [4.69, 9.17) is 9.84 Å². The van der Waals surface area contributed by atoms with Crippen molar-refractivity contribution in [1.29, 1.82) is 0 Å². The van der Waals surface area contributed by atoms with Crippen LogP contribution in [0.5, 0.6) is 0 Å². The van der Waals surface area contributed by atoms with Gasteiger partial charge in [0.15, 0.2) is 0 Å². The van der Waals surface area contributed by atoms with Gasteiger partial charge >= 0.3 is 5.97 Å². The van der Waals surface area contributed by atoms with Crippen LogP contribution >= 0.6 is 0 Å². The van der Waals surface area contributed by atoms with E-state index in [0.717, 1.165) is 16.5 Å². The first kappa shape index (κ1) is 16.5. The fourth-order valence-electron chi connectivity index (χ4n) is 3.31. The van der Waals surface area contributed by atoms with Crippen LogP contribution in [0.4, 0.5) is 0 Å². The van der Waals surface area contributed by atoms with E-state index in [1.54, 1.807) is 4.90 Å². The first-order chi connectivity index (χ1) is 11.6. The summed E-state index contributed by atoms with van der Waals surface area (Å²) in [7, 11) is 0. The first-order valence-electron chi connectivity index (χ1n) is 8.21. The second-order valence-electron chi connectivity index (χ2n) is 6.23. The Morgan fingerprint density at radius 2 is 2.25 bits per heavy atom. The third-order valence-corrected chi connectivity index (χ3v) is 4.58. The van der Waals surface area contributed by atoms with Gasteiger partial charge in [0.1, 0.15) is 0 Å². The van der Waals surface area contributed by atoms with Gasteiger partial charge in [0.25, 0.3) is 0 Å². The van der Waals surface area contributed by atoms with Crippen LogP contribution in [-0.4, -0.2) is 52.7 Å². The van der Waals surface area contributed by atoms with Crippen molar-refractivity contribution in [2.24, 2.45) is 0 Å². The molecule has 1 aromatic carbocycles. The number of fused-ring (bicyclic) bond motifs is 1. The molecule has 1 amide bonds. The topological polar surface area (TPSA) is 82.6 Å². The molecular formula is C18H22N2O4. The fourth-order valence-corrected chi connectivity index (χ4v) is 3.31. The molecule has 6 heteroatoms. The number of ether oxygens (including phenoxy) is 1. The van der Waals surface area contributed by atoms with Crippen LogP contribution < -0.4 is 0 Å². The SMILES string of the molecule is Cc1cccc2c(CCC(=O)N3CCOCC3CC(=O)O)c[nH]c12. The number of benzene rings is 1. The zero-order chi connectivity index (χ0) is 17.1. The molecule has 2 N–H and O–H groups in total. The molecule has 3 rings (SSSR count). The van der Waals surface area contributed by atoms with Crippen molar-refractivity contribution in [3.05, 3.63) is 35.5 Å². The number of carboxylic acid groups (broad SMARTS) is 1. The molecule has 1 fully saturated rings. The molecule has 0 aliphatic carbocycles. The van der Waals surface area contributed by atoms with Gasteiger partial charge in [-0.1, -0.05) is 18.2 Å². The minimum atomic E-state index is -0.907. The van der Waals surface area contributed by atoms with E-state index in [9.17, 15) is 9.59 Å². The summed E-state index contributed by atoms with van der Waals surface area (Å²) >= 11 is 0. The number of nitrogens with zero attached hydrogens (tertiary/aromatic N) is 1. The molecule has 1 atom stereocenters. The van der Waals surface area contributed by atoms with Gasteiger partial charge in [0.05, 0.1) is 25.7 Å². The molecule has 128 valence electrons. The van der Waals surface area contributed by atoms with Gasteiger partial charge in [-0.05, 0) is 24.5 Å². The molecule has 0 radical (unpaired) electrons. The van der Waals surface area contributed by atoms with Crippen LogP contribution in [0, 0.1) is 6.92 Å². The average molecular weight is 330 g/mol. The molecule has 1 unspecified atom stereocenters. The molecule has 6 nitrogen and oxygen atoms in total. The summed E-state index contributed by atoms with van der Waals surface area (Å²) in [6.07, 6.45) is 2.90. The lowest BCUT2D eigenvalue weighted by Crippen LogP contribution is -2.49. The number of aryl methyl sites for hydroxylation is 2. The summed E-state index contributed by atoms with van der Waals surface area (Å²) in [4.78, 5) is 28.5. The number of carbonyl (C=O) groups excluding carboxylic acids is 1. The Morgan fingerprint density at radius 1 is 1.42 bits per heavy atom. The summed E-state index contributed by atoms with van der Waals surface area (Å²) in [6.45, 7) is 3.28. The summed E-state index contributed by atoms with van der Waals surface area (Å²) in [5, 5.41) is 10.1. The van der Waals surface area contributed by atoms with Gasteiger partial charge in [-0.3, -0.25) is 9.59 Å². The van der Waals surface area contributed by atoms with E-state index >= 15 is 0 Å². The van der Waals surface area contributed by atoms with E-state index in [2.05, 4.69) is 24.0 Å². The van der Waals surface area contributed by atoms with E-state index in [1.165, 1.54) is 5.56 Å². The lowest BCUT2D eigenvalue weighted by atomic mass is 10.0. The summed E-state index contributed by atoms with van der Waals surface area (Å²) in [5.41, 5.74) is 3.40. The third kappa shape index (κ3) is 3.43. The van der Waals surface area contributed by atoms with Crippen molar-refractivity contribution in [1.82, 2.24) is 9.88 Å². The first-order valence-corrected chi connectivity index (χ1v) is 8.21. The lowest BCUT2D eigenvalue weighted by Gasteiger charge is -2.35. The van der Waals surface area contributed by atoms with Gasteiger partial charge in [0, 0.05) is 30.1 Å². The van der Waals surface area contributed by atoms with Gasteiger partial charge in [0.2, 0.25) is 5.91 Å².